The van der Waals surface area contributed by atoms with Gasteiger partial charge in [-0.05, 0) is 43.2 Å². The minimum atomic E-state index is -0.470. The first-order valence-corrected chi connectivity index (χ1v) is 10.5. The van der Waals surface area contributed by atoms with Crippen LogP contribution in [0.2, 0.25) is 0 Å². The number of hydrogen-bond donors (Lipinski definition) is 0. The van der Waals surface area contributed by atoms with Gasteiger partial charge in [-0.1, -0.05) is 5.22 Å². The molecular formula is C19H24FN9O2. The lowest BCUT2D eigenvalue weighted by Gasteiger charge is -2.33. The maximum absolute atomic E-state index is 15.0. The van der Waals surface area contributed by atoms with Crippen LogP contribution in [0.3, 0.4) is 0 Å². The van der Waals surface area contributed by atoms with Gasteiger partial charge in [0.2, 0.25) is 0 Å². The van der Waals surface area contributed by atoms with Crippen LogP contribution >= 0.6 is 0 Å². The standard InChI is InChI=1S/C19H24FN9O2/c1-13-9-27(25-23-13)10-16-11-28(19(30)31-16)15-2-3-18(17(20)8-15)26-6-4-14(5-7-26)29-22-12-21-24-29/h2-3,8,12-14,16H,4-7,9-11H2,1H3/t13?,16-/m0/s1. The van der Waals surface area contributed by atoms with Crippen molar-refractivity contribution in [2.75, 3.05) is 42.5 Å². The van der Waals surface area contributed by atoms with Crippen LogP contribution in [0.5, 0.6) is 0 Å². The third-order valence-corrected chi connectivity index (χ3v) is 5.88. The molecule has 0 saturated carbocycles. The summed E-state index contributed by atoms with van der Waals surface area (Å²) in [6.07, 6.45) is 2.24. The molecule has 2 saturated heterocycles. The molecule has 0 N–H and O–H groups in total. The molecule has 4 heterocycles. The Bertz CT molecular complexity index is 961. The molecule has 11 nitrogen and oxygen atoms in total. The first-order valence-electron chi connectivity index (χ1n) is 10.5. The number of carbonyl (C=O) groups excluding carboxylic acids is 1. The van der Waals surface area contributed by atoms with E-state index in [0.717, 1.165) is 12.8 Å². The number of ether oxygens (including phenoxy) is 1. The average molecular weight is 429 g/mol. The molecule has 0 spiro atoms. The van der Waals surface area contributed by atoms with Crippen molar-refractivity contribution in [3.05, 3.63) is 30.3 Å². The zero-order valence-electron chi connectivity index (χ0n) is 17.2. The van der Waals surface area contributed by atoms with Crippen LogP contribution in [0.15, 0.2) is 34.9 Å². The summed E-state index contributed by atoms with van der Waals surface area (Å²) in [7, 11) is 0. The zero-order chi connectivity index (χ0) is 21.4. The third kappa shape index (κ3) is 4.01. The van der Waals surface area contributed by atoms with Crippen molar-refractivity contribution in [3.8, 4) is 0 Å². The van der Waals surface area contributed by atoms with Crippen LogP contribution in [0.1, 0.15) is 25.8 Å². The fourth-order valence-corrected chi connectivity index (χ4v) is 4.31. The Labute approximate surface area is 178 Å². The number of amides is 1. The Morgan fingerprint density at radius 1 is 1.23 bits per heavy atom. The summed E-state index contributed by atoms with van der Waals surface area (Å²) in [5.41, 5.74) is 1.02. The van der Waals surface area contributed by atoms with Gasteiger partial charge in [0.05, 0.1) is 43.1 Å². The average Bonchev–Trinajstić information content (AvgIpc) is 3.50. The molecule has 0 radical (unpaired) electrons. The number of piperidine rings is 1. The second-order valence-corrected chi connectivity index (χ2v) is 8.15. The first kappa shape index (κ1) is 19.6. The molecule has 164 valence electrons. The molecule has 2 fully saturated rings. The van der Waals surface area contributed by atoms with Gasteiger partial charge < -0.3 is 9.64 Å². The number of benzene rings is 1. The van der Waals surface area contributed by atoms with Crippen molar-refractivity contribution in [3.63, 3.8) is 0 Å². The van der Waals surface area contributed by atoms with Crippen LogP contribution in [0.4, 0.5) is 20.6 Å². The van der Waals surface area contributed by atoms with E-state index >= 15 is 0 Å². The van der Waals surface area contributed by atoms with E-state index in [4.69, 9.17) is 4.74 Å². The summed E-state index contributed by atoms with van der Waals surface area (Å²) in [4.78, 5) is 17.5. The monoisotopic (exact) mass is 429 g/mol. The highest BCUT2D eigenvalue weighted by Gasteiger charge is 2.35. The molecule has 5 rings (SSSR count). The normalized spacial score (nSPS) is 24.3. The number of rotatable bonds is 5. The number of tetrazole rings is 1. The van der Waals surface area contributed by atoms with Crippen molar-refractivity contribution >= 4 is 17.5 Å². The van der Waals surface area contributed by atoms with Crippen LogP contribution in [0, 0.1) is 5.82 Å². The van der Waals surface area contributed by atoms with E-state index < -0.39 is 6.09 Å². The predicted octanol–water partition coefficient (Wildman–Crippen LogP) is 2.05. The molecule has 1 aromatic heterocycles. The Hall–Kier alpha value is -3.31. The molecular weight excluding hydrogens is 405 g/mol. The topological polar surface area (TPSA) is 104 Å². The molecule has 2 aromatic rings. The van der Waals surface area contributed by atoms with Crippen molar-refractivity contribution in [1.29, 1.82) is 0 Å². The highest BCUT2D eigenvalue weighted by Crippen LogP contribution is 2.31. The van der Waals surface area contributed by atoms with Gasteiger partial charge in [0.15, 0.2) is 6.33 Å². The van der Waals surface area contributed by atoms with Crippen LogP contribution in [-0.2, 0) is 4.74 Å². The van der Waals surface area contributed by atoms with E-state index in [0.29, 0.717) is 44.1 Å². The molecule has 0 aliphatic carbocycles. The molecule has 3 aliphatic heterocycles. The van der Waals surface area contributed by atoms with Crippen molar-refractivity contribution in [2.45, 2.75) is 38.0 Å². The van der Waals surface area contributed by atoms with Gasteiger partial charge in [0, 0.05) is 13.1 Å². The number of nitrogens with zero attached hydrogens (tertiary/aromatic N) is 9. The van der Waals surface area contributed by atoms with Gasteiger partial charge >= 0.3 is 6.09 Å². The summed E-state index contributed by atoms with van der Waals surface area (Å²) in [6.45, 7) is 4.91. The van der Waals surface area contributed by atoms with Crippen molar-refractivity contribution in [2.24, 2.45) is 10.3 Å². The number of carbonyl (C=O) groups is 1. The van der Waals surface area contributed by atoms with Gasteiger partial charge in [0.1, 0.15) is 11.9 Å². The zero-order valence-corrected chi connectivity index (χ0v) is 17.2. The Morgan fingerprint density at radius 2 is 2.06 bits per heavy atom. The van der Waals surface area contributed by atoms with Gasteiger partial charge in [-0.25, -0.2) is 9.18 Å². The Balaban J connectivity index is 1.21. The lowest BCUT2D eigenvalue weighted by Crippen LogP contribution is -2.36. The molecule has 1 amide bonds. The van der Waals surface area contributed by atoms with Crippen molar-refractivity contribution < 1.29 is 13.9 Å². The van der Waals surface area contributed by atoms with Crippen LogP contribution in [-0.4, -0.2) is 76.2 Å². The molecule has 1 aromatic carbocycles. The van der Waals surface area contributed by atoms with Gasteiger partial charge in [-0.15, -0.1) is 10.2 Å². The molecule has 12 heteroatoms. The van der Waals surface area contributed by atoms with Crippen molar-refractivity contribution in [1.82, 2.24) is 25.2 Å². The smallest absolute Gasteiger partial charge is 0.414 e. The second-order valence-electron chi connectivity index (χ2n) is 8.15. The fourth-order valence-electron chi connectivity index (χ4n) is 4.31. The Kier molecular flexibility index (Phi) is 5.12. The number of cyclic esters (lactones) is 1. The van der Waals surface area contributed by atoms with E-state index in [1.54, 1.807) is 21.9 Å². The minimum absolute atomic E-state index is 0.146. The summed E-state index contributed by atoms with van der Waals surface area (Å²) < 4.78 is 20.4. The SMILES string of the molecule is CC1CN(C[C@H]2CN(c3ccc(N4CCC(n5ncnn5)CC4)c(F)c3)C(=O)O2)N=N1. The second kappa shape index (κ2) is 8.08. The maximum atomic E-state index is 15.0. The highest BCUT2D eigenvalue weighted by atomic mass is 19.1. The molecule has 31 heavy (non-hydrogen) atoms. The summed E-state index contributed by atoms with van der Waals surface area (Å²) in [5.74, 6) is -0.353. The number of aromatic nitrogens is 4. The first-order chi connectivity index (χ1) is 15.1. The maximum Gasteiger partial charge on any atom is 0.414 e. The van der Waals surface area contributed by atoms with E-state index in [2.05, 4.69) is 25.7 Å². The third-order valence-electron chi connectivity index (χ3n) is 5.88. The largest absolute Gasteiger partial charge is 0.442 e. The minimum Gasteiger partial charge on any atom is -0.442 e. The fraction of sp³-hybridized carbons (Fsp3) is 0.579. The number of halogens is 1. The molecule has 0 bridgehead atoms. The molecule has 1 unspecified atom stereocenters. The highest BCUT2D eigenvalue weighted by molar-refractivity contribution is 5.90. The quantitative estimate of drug-likeness (QED) is 0.716. The van der Waals surface area contributed by atoms with Gasteiger partial charge in [-0.3, -0.25) is 9.91 Å². The van der Waals surface area contributed by atoms with Crippen LogP contribution < -0.4 is 9.80 Å². The summed E-state index contributed by atoms with van der Waals surface area (Å²) in [5, 5.41) is 21.8. The predicted molar refractivity (Wildman–Crippen MR) is 108 cm³/mol. The number of hydrogen-bond acceptors (Lipinski definition) is 9. The molecule has 2 atom stereocenters. The van der Waals surface area contributed by atoms with E-state index in [-0.39, 0.29) is 24.0 Å². The van der Waals surface area contributed by atoms with Gasteiger partial charge in [-0.2, -0.15) is 9.91 Å². The van der Waals surface area contributed by atoms with E-state index in [9.17, 15) is 9.18 Å². The van der Waals surface area contributed by atoms with Crippen LogP contribution in [0.25, 0.3) is 0 Å². The van der Waals surface area contributed by atoms with E-state index in [1.165, 1.54) is 17.3 Å². The molecule has 3 aliphatic rings. The van der Waals surface area contributed by atoms with Gasteiger partial charge in [0.25, 0.3) is 0 Å². The lowest BCUT2D eigenvalue weighted by atomic mass is 10.0. The van der Waals surface area contributed by atoms with E-state index in [1.807, 2.05) is 11.8 Å². The lowest BCUT2D eigenvalue weighted by molar-refractivity contribution is 0.113. The summed E-state index contributed by atoms with van der Waals surface area (Å²) >= 11 is 0. The Morgan fingerprint density at radius 3 is 2.74 bits per heavy atom. The summed E-state index contributed by atoms with van der Waals surface area (Å²) in [6, 6.07) is 5.23. The number of anilines is 2.